The minimum absolute atomic E-state index is 0.212. The standard InChI is InChI=1S/C20H17NO4S.C9H10O2.CH2O/c1-13-11-15(12-17-19(23)21-20(24)26-17)7-9-16(13)25-18(22)10-8-14-5-3-2-4-6-14;10-9(11)7-6-8-4-2-1-3-5-8;1-2/h2-7,9,11-12H,8,10H2,1H3,(H,21,23,24);1-5H,6-7H2,(H,10,11);1H2/b17-12-;;. The Kier molecular flexibility index (Phi) is 12.9. The van der Waals surface area contributed by atoms with E-state index >= 15 is 0 Å². The van der Waals surface area contributed by atoms with Crippen LogP contribution in [0.2, 0.25) is 0 Å². The third-order valence-electron chi connectivity index (χ3n) is 5.29. The highest BCUT2D eigenvalue weighted by Crippen LogP contribution is 2.27. The highest BCUT2D eigenvalue weighted by Gasteiger charge is 2.25. The average molecular weight is 548 g/mol. The Bertz CT molecular complexity index is 1310. The fourth-order valence-corrected chi connectivity index (χ4v) is 4.09. The van der Waals surface area contributed by atoms with Crippen molar-refractivity contribution >= 4 is 47.7 Å². The molecular formula is C30H29NO7S. The summed E-state index contributed by atoms with van der Waals surface area (Å²) in [5.41, 5.74) is 3.71. The van der Waals surface area contributed by atoms with Gasteiger partial charge in [-0.05, 0) is 72.0 Å². The van der Waals surface area contributed by atoms with Crippen molar-refractivity contribution in [2.24, 2.45) is 0 Å². The van der Waals surface area contributed by atoms with Gasteiger partial charge in [0.1, 0.15) is 12.5 Å². The Morgan fingerprint density at radius 2 is 1.46 bits per heavy atom. The Morgan fingerprint density at radius 3 is 1.95 bits per heavy atom. The highest BCUT2D eigenvalue weighted by atomic mass is 32.2. The predicted octanol–water partition coefficient (Wildman–Crippen LogP) is 5.38. The van der Waals surface area contributed by atoms with E-state index in [2.05, 4.69) is 5.32 Å². The van der Waals surface area contributed by atoms with Gasteiger partial charge in [-0.2, -0.15) is 0 Å². The van der Waals surface area contributed by atoms with Gasteiger partial charge in [0.15, 0.2) is 0 Å². The van der Waals surface area contributed by atoms with E-state index in [1.165, 1.54) is 0 Å². The van der Waals surface area contributed by atoms with E-state index < -0.39 is 11.9 Å². The van der Waals surface area contributed by atoms with Crippen molar-refractivity contribution in [1.82, 2.24) is 5.32 Å². The molecule has 0 aliphatic carbocycles. The van der Waals surface area contributed by atoms with E-state index in [0.717, 1.165) is 34.0 Å². The minimum Gasteiger partial charge on any atom is -0.481 e. The van der Waals surface area contributed by atoms with Gasteiger partial charge in [0.05, 0.1) is 4.91 Å². The number of benzene rings is 3. The van der Waals surface area contributed by atoms with Crippen LogP contribution in [0.25, 0.3) is 6.08 Å². The van der Waals surface area contributed by atoms with Crippen molar-refractivity contribution < 1.29 is 33.8 Å². The number of esters is 1. The van der Waals surface area contributed by atoms with Gasteiger partial charge in [0, 0.05) is 12.8 Å². The van der Waals surface area contributed by atoms with Gasteiger partial charge < -0.3 is 14.6 Å². The Hall–Kier alpha value is -4.50. The lowest BCUT2D eigenvalue weighted by atomic mass is 10.1. The van der Waals surface area contributed by atoms with Gasteiger partial charge in [0.25, 0.3) is 11.1 Å². The Balaban J connectivity index is 0.000000343. The summed E-state index contributed by atoms with van der Waals surface area (Å²) in [5.74, 6) is -0.938. The molecule has 2 amide bonds. The van der Waals surface area contributed by atoms with Gasteiger partial charge >= 0.3 is 11.9 Å². The van der Waals surface area contributed by atoms with Crippen LogP contribution in [-0.4, -0.2) is 35.0 Å². The lowest BCUT2D eigenvalue weighted by Gasteiger charge is -2.08. The number of carbonyl (C=O) groups excluding carboxylic acids is 4. The maximum atomic E-state index is 12.1. The van der Waals surface area contributed by atoms with E-state index in [0.29, 0.717) is 29.9 Å². The van der Waals surface area contributed by atoms with Crippen LogP contribution >= 0.6 is 11.8 Å². The van der Waals surface area contributed by atoms with Crippen molar-refractivity contribution in [2.75, 3.05) is 0 Å². The second-order valence-electron chi connectivity index (χ2n) is 8.22. The van der Waals surface area contributed by atoms with Crippen LogP contribution in [-0.2, 0) is 32.0 Å². The number of carboxylic acid groups (broad SMARTS) is 1. The lowest BCUT2D eigenvalue weighted by Crippen LogP contribution is -2.17. The summed E-state index contributed by atoms with van der Waals surface area (Å²) >= 11 is 0.870. The largest absolute Gasteiger partial charge is 0.481 e. The van der Waals surface area contributed by atoms with Crippen molar-refractivity contribution in [2.45, 2.75) is 32.6 Å². The molecule has 0 spiro atoms. The zero-order valence-corrected chi connectivity index (χ0v) is 22.2. The number of thioether (sulfide) groups is 1. The molecule has 1 aliphatic heterocycles. The van der Waals surface area contributed by atoms with Crippen LogP contribution < -0.4 is 10.1 Å². The molecule has 0 atom stereocenters. The third-order valence-corrected chi connectivity index (χ3v) is 6.10. The Labute approximate surface area is 231 Å². The zero-order chi connectivity index (χ0) is 28.6. The molecule has 0 bridgehead atoms. The lowest BCUT2D eigenvalue weighted by molar-refractivity contribution is -0.137. The second-order valence-corrected chi connectivity index (χ2v) is 9.23. The number of hydrogen-bond donors (Lipinski definition) is 2. The molecule has 0 unspecified atom stereocenters. The topological polar surface area (TPSA) is 127 Å². The fraction of sp³-hybridized carbons (Fsp3) is 0.167. The number of amides is 2. The molecule has 1 fully saturated rings. The van der Waals surface area contributed by atoms with Gasteiger partial charge in [-0.3, -0.25) is 24.5 Å². The third kappa shape index (κ3) is 11.2. The fourth-order valence-electron chi connectivity index (χ4n) is 3.41. The number of aryl methyl sites for hydroxylation is 3. The van der Waals surface area contributed by atoms with Gasteiger partial charge in [0.2, 0.25) is 0 Å². The molecule has 1 heterocycles. The van der Waals surface area contributed by atoms with Crippen LogP contribution in [0.5, 0.6) is 5.75 Å². The number of hydrogen-bond acceptors (Lipinski definition) is 7. The molecule has 0 saturated carbocycles. The van der Waals surface area contributed by atoms with Crippen molar-refractivity contribution in [3.05, 3.63) is 106 Å². The number of aliphatic carboxylic acids is 1. The Morgan fingerprint density at radius 1 is 0.897 bits per heavy atom. The zero-order valence-electron chi connectivity index (χ0n) is 21.4. The molecule has 3 aromatic carbocycles. The molecular weight excluding hydrogens is 518 g/mol. The molecule has 1 saturated heterocycles. The summed E-state index contributed by atoms with van der Waals surface area (Å²) in [5, 5.41) is 10.2. The molecule has 202 valence electrons. The monoisotopic (exact) mass is 547 g/mol. The minimum atomic E-state index is -0.742. The maximum Gasteiger partial charge on any atom is 0.311 e. The molecule has 0 radical (unpaired) electrons. The number of carbonyl (C=O) groups is 5. The molecule has 4 rings (SSSR count). The van der Waals surface area contributed by atoms with Crippen LogP contribution in [0.1, 0.15) is 35.1 Å². The van der Waals surface area contributed by atoms with E-state index in [1.807, 2.05) is 80.4 Å². The predicted molar refractivity (Wildman–Crippen MR) is 150 cm³/mol. The maximum absolute atomic E-state index is 12.1. The van der Waals surface area contributed by atoms with E-state index in [-0.39, 0.29) is 17.6 Å². The first kappa shape index (κ1) is 30.7. The van der Waals surface area contributed by atoms with Crippen LogP contribution in [0.3, 0.4) is 0 Å². The first-order valence-corrected chi connectivity index (χ1v) is 12.8. The van der Waals surface area contributed by atoms with Crippen molar-refractivity contribution in [3.63, 3.8) is 0 Å². The van der Waals surface area contributed by atoms with Gasteiger partial charge in [-0.25, -0.2) is 0 Å². The molecule has 2 N–H and O–H groups in total. The molecule has 8 nitrogen and oxygen atoms in total. The first-order chi connectivity index (χ1) is 18.8. The first-order valence-electron chi connectivity index (χ1n) is 11.9. The summed E-state index contributed by atoms with van der Waals surface area (Å²) in [6.45, 7) is 3.83. The van der Waals surface area contributed by atoms with Gasteiger partial charge in [-0.15, -0.1) is 0 Å². The number of nitrogens with one attached hydrogen (secondary N) is 1. The SMILES string of the molecule is C=O.Cc1cc(/C=C2\SC(=O)NC2=O)ccc1OC(=O)CCc1ccccc1.O=C(O)CCc1ccccc1. The molecule has 0 aromatic heterocycles. The van der Waals surface area contributed by atoms with Crippen molar-refractivity contribution in [3.8, 4) is 5.75 Å². The number of imide groups is 1. The highest BCUT2D eigenvalue weighted by molar-refractivity contribution is 8.18. The quantitative estimate of drug-likeness (QED) is 0.219. The summed E-state index contributed by atoms with van der Waals surface area (Å²) in [6.07, 6.45) is 3.40. The number of ether oxygens (including phenoxy) is 1. The molecule has 1 aliphatic rings. The molecule has 39 heavy (non-hydrogen) atoms. The summed E-state index contributed by atoms with van der Waals surface area (Å²) < 4.78 is 5.43. The van der Waals surface area contributed by atoms with Crippen LogP contribution in [0, 0.1) is 6.92 Å². The van der Waals surface area contributed by atoms with E-state index in [4.69, 9.17) is 14.6 Å². The number of rotatable bonds is 8. The smallest absolute Gasteiger partial charge is 0.311 e. The van der Waals surface area contributed by atoms with Crippen LogP contribution in [0.4, 0.5) is 4.79 Å². The van der Waals surface area contributed by atoms with Crippen LogP contribution in [0.15, 0.2) is 83.8 Å². The summed E-state index contributed by atoms with van der Waals surface area (Å²) in [7, 11) is 0. The van der Waals surface area contributed by atoms with Crippen molar-refractivity contribution in [1.29, 1.82) is 0 Å². The normalized spacial score (nSPS) is 12.9. The van der Waals surface area contributed by atoms with E-state index in [1.54, 1.807) is 18.2 Å². The summed E-state index contributed by atoms with van der Waals surface area (Å²) in [6, 6.07) is 24.6. The molecule has 3 aromatic rings. The van der Waals surface area contributed by atoms with Gasteiger partial charge in [-0.1, -0.05) is 66.7 Å². The average Bonchev–Trinajstić information content (AvgIpc) is 3.26. The van der Waals surface area contributed by atoms with E-state index in [9.17, 15) is 19.2 Å². The molecule has 9 heteroatoms. The number of carboxylic acids is 1. The second kappa shape index (κ2) is 16.4. The summed E-state index contributed by atoms with van der Waals surface area (Å²) in [4.78, 5) is 53.4.